The lowest BCUT2D eigenvalue weighted by atomic mass is 9.97. The molecular formula is C27H24ClIN4O3. The Morgan fingerprint density at radius 2 is 1.69 bits per heavy atom. The van der Waals surface area contributed by atoms with E-state index in [0.29, 0.717) is 10.7 Å². The van der Waals surface area contributed by atoms with Crippen LogP contribution in [0.1, 0.15) is 27.7 Å². The fraction of sp³-hybridized carbons (Fsp3) is 0.148. The van der Waals surface area contributed by atoms with Crippen molar-refractivity contribution in [2.24, 2.45) is 7.05 Å². The molecule has 1 N–H and O–H groups in total. The first-order valence-electron chi connectivity index (χ1n) is 11.1. The zero-order valence-corrected chi connectivity index (χ0v) is 22.8. The smallest absolute Gasteiger partial charge is 0.297 e. The molecule has 36 heavy (non-hydrogen) atoms. The number of rotatable bonds is 7. The van der Waals surface area contributed by atoms with Gasteiger partial charge in [0.05, 0.1) is 18.8 Å². The summed E-state index contributed by atoms with van der Waals surface area (Å²) in [4.78, 5) is 33.1. The normalized spacial score (nSPS) is 11.6. The van der Waals surface area contributed by atoms with E-state index in [0.717, 1.165) is 14.7 Å². The maximum Gasteiger partial charge on any atom is 0.297 e. The fourth-order valence-electron chi connectivity index (χ4n) is 4.03. The van der Waals surface area contributed by atoms with Crippen molar-refractivity contribution in [1.29, 1.82) is 0 Å². The van der Waals surface area contributed by atoms with Gasteiger partial charge in [0, 0.05) is 22.7 Å². The van der Waals surface area contributed by atoms with Crippen molar-refractivity contribution in [3.8, 4) is 5.75 Å². The average Bonchev–Trinajstić information content (AvgIpc) is 2.88. The third-order valence-corrected chi connectivity index (χ3v) is 7.07. The molecule has 0 aliphatic carbocycles. The van der Waals surface area contributed by atoms with Crippen molar-refractivity contribution in [2.75, 3.05) is 24.4 Å². The molecule has 1 amide bonds. The first-order valence-corrected chi connectivity index (χ1v) is 12.5. The van der Waals surface area contributed by atoms with Gasteiger partial charge in [-0.3, -0.25) is 14.2 Å². The first kappa shape index (κ1) is 25.7. The molecule has 1 unspecified atom stereocenters. The Morgan fingerprint density at radius 3 is 2.36 bits per heavy atom. The maximum atomic E-state index is 13.3. The summed E-state index contributed by atoms with van der Waals surface area (Å²) < 4.78 is 7.55. The van der Waals surface area contributed by atoms with E-state index in [4.69, 9.17) is 16.3 Å². The SMILES string of the molecule is COc1c(C(=O)Nc2ccccc2I)nc(N(C)C(c2ccccc2)c2ccccc2Cl)n(C)c1=O. The van der Waals surface area contributed by atoms with E-state index in [1.165, 1.54) is 11.7 Å². The van der Waals surface area contributed by atoms with E-state index < -0.39 is 11.5 Å². The molecule has 0 saturated heterocycles. The zero-order chi connectivity index (χ0) is 25.8. The van der Waals surface area contributed by atoms with Gasteiger partial charge < -0.3 is 15.0 Å². The Hall–Kier alpha value is -3.37. The van der Waals surface area contributed by atoms with Crippen molar-refractivity contribution in [3.63, 3.8) is 0 Å². The van der Waals surface area contributed by atoms with Crippen molar-refractivity contribution in [3.05, 3.63) is 115 Å². The van der Waals surface area contributed by atoms with Gasteiger partial charge in [0.15, 0.2) is 5.69 Å². The third-order valence-electron chi connectivity index (χ3n) is 5.78. The minimum atomic E-state index is -0.544. The van der Waals surface area contributed by atoms with Crippen LogP contribution in [0.4, 0.5) is 11.6 Å². The van der Waals surface area contributed by atoms with Gasteiger partial charge in [-0.1, -0.05) is 72.3 Å². The standard InChI is InChI=1S/C27H24ClIN4O3/c1-32(23(17-11-5-4-6-12-17)18-13-7-8-14-19(18)28)27-31-22(24(36-3)26(35)33(27)2)25(34)30-21-16-10-9-15-20(21)29/h4-16,23H,1-3H3,(H,30,34). The molecule has 0 bridgehead atoms. The maximum absolute atomic E-state index is 13.3. The number of amides is 1. The summed E-state index contributed by atoms with van der Waals surface area (Å²) >= 11 is 8.74. The Morgan fingerprint density at radius 1 is 1.06 bits per heavy atom. The largest absolute Gasteiger partial charge is 0.489 e. The van der Waals surface area contributed by atoms with Crippen LogP contribution in [0.25, 0.3) is 0 Å². The zero-order valence-electron chi connectivity index (χ0n) is 19.9. The monoisotopic (exact) mass is 614 g/mol. The number of ether oxygens (including phenoxy) is 1. The highest BCUT2D eigenvalue weighted by molar-refractivity contribution is 14.1. The van der Waals surface area contributed by atoms with Crippen LogP contribution in [0.15, 0.2) is 83.7 Å². The van der Waals surface area contributed by atoms with E-state index in [1.807, 2.05) is 84.7 Å². The van der Waals surface area contributed by atoms with Gasteiger partial charge in [0.25, 0.3) is 11.5 Å². The number of benzene rings is 3. The van der Waals surface area contributed by atoms with Gasteiger partial charge >= 0.3 is 0 Å². The predicted molar refractivity (Wildman–Crippen MR) is 151 cm³/mol. The first-order chi connectivity index (χ1) is 17.3. The van der Waals surface area contributed by atoms with Crippen molar-refractivity contribution < 1.29 is 9.53 Å². The molecule has 0 spiro atoms. The van der Waals surface area contributed by atoms with Crippen LogP contribution in [-0.4, -0.2) is 29.6 Å². The van der Waals surface area contributed by atoms with Gasteiger partial charge in [-0.25, -0.2) is 4.98 Å². The molecule has 1 aromatic heterocycles. The second kappa shape index (κ2) is 11.1. The topological polar surface area (TPSA) is 76.5 Å². The highest BCUT2D eigenvalue weighted by Crippen LogP contribution is 2.35. The predicted octanol–water partition coefficient (Wildman–Crippen LogP) is 5.53. The van der Waals surface area contributed by atoms with Crippen molar-refractivity contribution >= 4 is 51.7 Å². The van der Waals surface area contributed by atoms with Crippen LogP contribution < -0.4 is 20.5 Å². The molecule has 0 aliphatic heterocycles. The molecule has 0 fully saturated rings. The minimum absolute atomic E-state index is 0.104. The highest BCUT2D eigenvalue weighted by atomic mass is 127. The lowest BCUT2D eigenvalue weighted by molar-refractivity contribution is 0.101. The van der Waals surface area contributed by atoms with E-state index in [2.05, 4.69) is 32.9 Å². The van der Waals surface area contributed by atoms with Crippen LogP contribution in [0.5, 0.6) is 5.75 Å². The summed E-state index contributed by atoms with van der Waals surface area (Å²) in [5, 5.41) is 3.42. The average molecular weight is 615 g/mol. The fourth-order valence-corrected chi connectivity index (χ4v) is 4.79. The van der Waals surface area contributed by atoms with E-state index in [1.54, 1.807) is 13.1 Å². The van der Waals surface area contributed by atoms with Gasteiger partial charge in [-0.15, -0.1) is 0 Å². The highest BCUT2D eigenvalue weighted by Gasteiger charge is 2.28. The van der Waals surface area contributed by atoms with Crippen molar-refractivity contribution in [2.45, 2.75) is 6.04 Å². The van der Waals surface area contributed by atoms with Gasteiger partial charge in [0.2, 0.25) is 11.7 Å². The van der Waals surface area contributed by atoms with E-state index in [9.17, 15) is 9.59 Å². The number of nitrogens with one attached hydrogen (secondary N) is 1. The molecule has 1 atom stereocenters. The third kappa shape index (κ3) is 5.10. The molecule has 9 heteroatoms. The number of carbonyl (C=O) groups is 1. The van der Waals surface area contributed by atoms with Gasteiger partial charge in [0.1, 0.15) is 0 Å². The Bertz CT molecular complexity index is 1460. The molecule has 7 nitrogen and oxygen atoms in total. The Labute approximate surface area is 227 Å². The number of aromatic nitrogens is 2. The number of halogens is 2. The van der Waals surface area contributed by atoms with Crippen LogP contribution in [-0.2, 0) is 7.05 Å². The van der Waals surface area contributed by atoms with Crippen LogP contribution in [0, 0.1) is 3.57 Å². The van der Waals surface area contributed by atoms with Gasteiger partial charge in [-0.05, 0) is 51.9 Å². The Kier molecular flexibility index (Phi) is 7.95. The summed E-state index contributed by atoms with van der Waals surface area (Å²) in [5.74, 6) is -0.396. The second-order valence-electron chi connectivity index (χ2n) is 8.04. The van der Waals surface area contributed by atoms with E-state index in [-0.39, 0.29) is 23.4 Å². The molecule has 0 aliphatic rings. The molecule has 0 saturated carbocycles. The number of hydrogen-bond donors (Lipinski definition) is 1. The quantitative estimate of drug-likeness (QED) is 0.277. The lowest BCUT2D eigenvalue weighted by Crippen LogP contribution is -2.35. The second-order valence-corrected chi connectivity index (χ2v) is 9.61. The summed E-state index contributed by atoms with van der Waals surface area (Å²) in [6.45, 7) is 0. The van der Waals surface area contributed by atoms with Gasteiger partial charge in [-0.2, -0.15) is 0 Å². The number of methoxy groups -OCH3 is 1. The van der Waals surface area contributed by atoms with Crippen LogP contribution in [0.2, 0.25) is 5.02 Å². The molecule has 4 rings (SSSR count). The molecule has 184 valence electrons. The molecular weight excluding hydrogens is 591 g/mol. The molecule has 0 radical (unpaired) electrons. The van der Waals surface area contributed by atoms with Crippen LogP contribution in [0.3, 0.4) is 0 Å². The number of nitrogens with zero attached hydrogens (tertiary/aromatic N) is 3. The molecule has 3 aromatic carbocycles. The number of hydrogen-bond acceptors (Lipinski definition) is 5. The number of para-hydroxylation sites is 1. The summed E-state index contributed by atoms with van der Waals surface area (Å²) in [6.07, 6.45) is 0. The summed E-state index contributed by atoms with van der Waals surface area (Å²) in [7, 11) is 4.76. The van der Waals surface area contributed by atoms with E-state index >= 15 is 0 Å². The number of carbonyl (C=O) groups excluding carboxylic acids is 1. The lowest BCUT2D eigenvalue weighted by Gasteiger charge is -2.32. The molecule has 1 heterocycles. The molecule has 4 aromatic rings. The van der Waals surface area contributed by atoms with Crippen molar-refractivity contribution in [1.82, 2.24) is 9.55 Å². The number of anilines is 2. The summed E-state index contributed by atoms with van der Waals surface area (Å²) in [6, 6.07) is 24.3. The summed E-state index contributed by atoms with van der Waals surface area (Å²) in [5.41, 5.74) is 1.81. The Balaban J connectivity index is 1.85. The van der Waals surface area contributed by atoms with Crippen LogP contribution >= 0.6 is 34.2 Å². The minimum Gasteiger partial charge on any atom is -0.489 e.